The third-order valence-electron chi connectivity index (χ3n) is 3.83. The number of likely N-dealkylation sites (N-methyl/N-ethyl adjacent to an activating group) is 1. The number of hydrogen-bond acceptors (Lipinski definition) is 3. The molecular formula is C16H24N2O2. The van der Waals surface area contributed by atoms with E-state index in [4.69, 9.17) is 5.11 Å². The predicted molar refractivity (Wildman–Crippen MR) is 79.8 cm³/mol. The minimum atomic E-state index is -0.777. The molecule has 110 valence electrons. The molecule has 1 aromatic rings. The zero-order valence-electron chi connectivity index (χ0n) is 12.2. The normalized spacial score (nSPS) is 15.9. The molecule has 0 atom stereocenters. The Morgan fingerprint density at radius 2 is 1.80 bits per heavy atom. The summed E-state index contributed by atoms with van der Waals surface area (Å²) in [5, 5.41) is 8.74. The van der Waals surface area contributed by atoms with Gasteiger partial charge in [0.25, 0.3) is 0 Å². The molecule has 1 aromatic carbocycles. The Labute approximate surface area is 121 Å². The van der Waals surface area contributed by atoms with Crippen LogP contribution in [0, 0.1) is 0 Å². The molecule has 1 fully saturated rings. The van der Waals surface area contributed by atoms with Crippen molar-refractivity contribution in [3.8, 4) is 0 Å². The molecule has 4 heteroatoms. The first-order valence-corrected chi connectivity index (χ1v) is 7.34. The SMILES string of the molecule is CN(CCN1CCCC1)Cc1ccc(CC(=O)O)cc1. The number of aliphatic carboxylic acids is 1. The highest BCUT2D eigenvalue weighted by molar-refractivity contribution is 5.70. The highest BCUT2D eigenvalue weighted by Gasteiger charge is 2.11. The molecule has 0 spiro atoms. The van der Waals surface area contributed by atoms with Gasteiger partial charge in [-0.05, 0) is 44.1 Å². The van der Waals surface area contributed by atoms with E-state index in [9.17, 15) is 4.79 Å². The number of rotatable bonds is 7. The molecule has 20 heavy (non-hydrogen) atoms. The fourth-order valence-corrected chi connectivity index (χ4v) is 2.65. The molecule has 0 amide bonds. The third kappa shape index (κ3) is 4.94. The summed E-state index contributed by atoms with van der Waals surface area (Å²) in [5.41, 5.74) is 2.10. The maximum absolute atomic E-state index is 10.6. The molecule has 2 rings (SSSR count). The number of carboxylic acids is 1. The van der Waals surface area contributed by atoms with Gasteiger partial charge in [-0.2, -0.15) is 0 Å². The van der Waals surface area contributed by atoms with Crippen molar-refractivity contribution in [1.29, 1.82) is 0 Å². The van der Waals surface area contributed by atoms with Gasteiger partial charge in [-0.1, -0.05) is 24.3 Å². The van der Waals surface area contributed by atoms with Gasteiger partial charge < -0.3 is 14.9 Å². The van der Waals surface area contributed by atoms with Gasteiger partial charge in [-0.3, -0.25) is 4.79 Å². The van der Waals surface area contributed by atoms with E-state index in [2.05, 4.69) is 16.8 Å². The molecule has 0 bridgehead atoms. The number of carbonyl (C=O) groups is 1. The highest BCUT2D eigenvalue weighted by Crippen LogP contribution is 2.09. The molecular weight excluding hydrogens is 252 g/mol. The van der Waals surface area contributed by atoms with Crippen LogP contribution in [-0.4, -0.2) is 54.1 Å². The van der Waals surface area contributed by atoms with Crippen molar-refractivity contribution in [2.24, 2.45) is 0 Å². The van der Waals surface area contributed by atoms with E-state index in [0.29, 0.717) is 0 Å². The van der Waals surface area contributed by atoms with Gasteiger partial charge in [0, 0.05) is 19.6 Å². The van der Waals surface area contributed by atoms with Crippen LogP contribution in [0.4, 0.5) is 0 Å². The summed E-state index contributed by atoms with van der Waals surface area (Å²) < 4.78 is 0. The van der Waals surface area contributed by atoms with Crippen molar-refractivity contribution >= 4 is 5.97 Å². The van der Waals surface area contributed by atoms with E-state index in [1.165, 1.54) is 31.5 Å². The predicted octanol–water partition coefficient (Wildman–Crippen LogP) is 1.84. The molecule has 1 aliphatic rings. The van der Waals surface area contributed by atoms with Crippen LogP contribution in [0.3, 0.4) is 0 Å². The first-order valence-electron chi connectivity index (χ1n) is 7.34. The van der Waals surface area contributed by atoms with Crippen molar-refractivity contribution in [2.45, 2.75) is 25.8 Å². The third-order valence-corrected chi connectivity index (χ3v) is 3.83. The molecule has 0 aliphatic carbocycles. The Kier molecular flexibility index (Phi) is 5.56. The average molecular weight is 276 g/mol. The summed E-state index contributed by atoms with van der Waals surface area (Å²) in [7, 11) is 2.14. The molecule has 1 N–H and O–H groups in total. The molecule has 1 heterocycles. The summed E-state index contributed by atoms with van der Waals surface area (Å²) in [6, 6.07) is 7.89. The van der Waals surface area contributed by atoms with Crippen LogP contribution >= 0.6 is 0 Å². The molecule has 0 saturated carbocycles. The number of nitrogens with zero attached hydrogens (tertiary/aromatic N) is 2. The lowest BCUT2D eigenvalue weighted by Crippen LogP contribution is -2.31. The van der Waals surface area contributed by atoms with Crippen LogP contribution in [0.25, 0.3) is 0 Å². The molecule has 1 saturated heterocycles. The summed E-state index contributed by atoms with van der Waals surface area (Å²) in [4.78, 5) is 15.5. The summed E-state index contributed by atoms with van der Waals surface area (Å²) in [6.07, 6.45) is 2.79. The second kappa shape index (κ2) is 7.41. The highest BCUT2D eigenvalue weighted by atomic mass is 16.4. The Balaban J connectivity index is 1.75. The van der Waals surface area contributed by atoms with E-state index < -0.39 is 5.97 Å². The largest absolute Gasteiger partial charge is 0.481 e. The van der Waals surface area contributed by atoms with Crippen molar-refractivity contribution < 1.29 is 9.90 Å². The first-order chi connectivity index (χ1) is 9.63. The van der Waals surface area contributed by atoms with E-state index in [-0.39, 0.29) is 6.42 Å². The van der Waals surface area contributed by atoms with Gasteiger partial charge in [-0.25, -0.2) is 0 Å². The number of carboxylic acid groups (broad SMARTS) is 1. The Bertz CT molecular complexity index is 425. The van der Waals surface area contributed by atoms with E-state index in [1.807, 2.05) is 24.3 Å². The lowest BCUT2D eigenvalue weighted by Gasteiger charge is -2.21. The van der Waals surface area contributed by atoms with E-state index in [0.717, 1.165) is 25.2 Å². The fourth-order valence-electron chi connectivity index (χ4n) is 2.65. The van der Waals surface area contributed by atoms with Crippen molar-refractivity contribution in [2.75, 3.05) is 33.2 Å². The van der Waals surface area contributed by atoms with Crippen LogP contribution in [0.1, 0.15) is 24.0 Å². The molecule has 0 unspecified atom stereocenters. The van der Waals surface area contributed by atoms with Crippen LogP contribution in [0.5, 0.6) is 0 Å². The topological polar surface area (TPSA) is 43.8 Å². The van der Waals surface area contributed by atoms with Gasteiger partial charge in [0.15, 0.2) is 0 Å². The second-order valence-corrected chi connectivity index (χ2v) is 5.67. The van der Waals surface area contributed by atoms with Crippen molar-refractivity contribution in [3.63, 3.8) is 0 Å². The zero-order chi connectivity index (χ0) is 14.4. The lowest BCUT2D eigenvalue weighted by atomic mass is 10.1. The van der Waals surface area contributed by atoms with Crippen LogP contribution in [0.15, 0.2) is 24.3 Å². The number of benzene rings is 1. The zero-order valence-corrected chi connectivity index (χ0v) is 12.2. The van der Waals surface area contributed by atoms with Gasteiger partial charge in [0.1, 0.15) is 0 Å². The van der Waals surface area contributed by atoms with Crippen LogP contribution in [0.2, 0.25) is 0 Å². The molecule has 0 radical (unpaired) electrons. The minimum Gasteiger partial charge on any atom is -0.481 e. The van der Waals surface area contributed by atoms with E-state index in [1.54, 1.807) is 0 Å². The smallest absolute Gasteiger partial charge is 0.307 e. The summed E-state index contributed by atoms with van der Waals surface area (Å²) in [6.45, 7) is 5.64. The summed E-state index contributed by atoms with van der Waals surface area (Å²) in [5.74, 6) is -0.777. The minimum absolute atomic E-state index is 0.102. The van der Waals surface area contributed by atoms with E-state index >= 15 is 0 Å². The standard InChI is InChI=1S/C16H24N2O2/c1-17(10-11-18-8-2-3-9-18)13-15-6-4-14(5-7-15)12-16(19)20/h4-7H,2-3,8-13H2,1H3,(H,19,20). The quantitative estimate of drug-likeness (QED) is 0.825. The van der Waals surface area contributed by atoms with Gasteiger partial charge in [0.2, 0.25) is 0 Å². The van der Waals surface area contributed by atoms with Gasteiger partial charge in [-0.15, -0.1) is 0 Å². The lowest BCUT2D eigenvalue weighted by molar-refractivity contribution is -0.136. The monoisotopic (exact) mass is 276 g/mol. The number of likely N-dealkylation sites (tertiary alicyclic amines) is 1. The van der Waals surface area contributed by atoms with Crippen molar-refractivity contribution in [3.05, 3.63) is 35.4 Å². The summed E-state index contributed by atoms with van der Waals surface area (Å²) >= 11 is 0. The van der Waals surface area contributed by atoms with Gasteiger partial charge in [0.05, 0.1) is 6.42 Å². The molecule has 1 aliphatic heterocycles. The molecule has 4 nitrogen and oxygen atoms in total. The number of hydrogen-bond donors (Lipinski definition) is 1. The maximum Gasteiger partial charge on any atom is 0.307 e. The van der Waals surface area contributed by atoms with Crippen molar-refractivity contribution in [1.82, 2.24) is 9.80 Å². The molecule has 0 aromatic heterocycles. The first kappa shape index (κ1) is 15.0. The Hall–Kier alpha value is -1.39. The van der Waals surface area contributed by atoms with Gasteiger partial charge >= 0.3 is 5.97 Å². The Morgan fingerprint density at radius 3 is 2.40 bits per heavy atom. The van der Waals surface area contributed by atoms with Crippen LogP contribution < -0.4 is 0 Å². The second-order valence-electron chi connectivity index (χ2n) is 5.67. The Morgan fingerprint density at radius 1 is 1.20 bits per heavy atom. The van der Waals surface area contributed by atoms with Crippen LogP contribution in [-0.2, 0) is 17.8 Å². The average Bonchev–Trinajstić information content (AvgIpc) is 2.91. The fraction of sp³-hybridized carbons (Fsp3) is 0.562. The maximum atomic E-state index is 10.6.